The summed E-state index contributed by atoms with van der Waals surface area (Å²) >= 11 is 12.5. The SMILES string of the molecule is O=c1c(Cc2ccc(C(F)(F)F)cc2)nnc2cc(-c3ccc(Cl)cc3)c(-c3ccccc3Cl)nn12. The standard InChI is InChI=1S/C26H15Cl2F3N4O/c27-18-11-7-16(8-12-18)20-14-23-33-32-22(13-15-5-9-17(10-6-15)26(29,30)31)25(36)35(23)34-24(20)19-3-1-2-4-21(19)28/h1-12,14H,13H2. The highest BCUT2D eigenvalue weighted by atomic mass is 35.5. The number of benzene rings is 3. The molecule has 10 heteroatoms. The third-order valence-corrected chi connectivity index (χ3v) is 6.18. The minimum atomic E-state index is -4.44. The number of hydrogen-bond acceptors (Lipinski definition) is 4. The van der Waals surface area contributed by atoms with Gasteiger partial charge in [0.05, 0.1) is 10.6 Å². The predicted octanol–water partition coefficient (Wildman–Crippen LogP) is 6.73. The first-order chi connectivity index (χ1) is 17.2. The predicted molar refractivity (Wildman–Crippen MR) is 132 cm³/mol. The van der Waals surface area contributed by atoms with Crippen LogP contribution in [0.2, 0.25) is 10.0 Å². The Morgan fingerprint density at radius 1 is 0.833 bits per heavy atom. The summed E-state index contributed by atoms with van der Waals surface area (Å²) in [5.74, 6) is 0. The Morgan fingerprint density at radius 3 is 2.19 bits per heavy atom. The molecule has 180 valence electrons. The van der Waals surface area contributed by atoms with E-state index in [2.05, 4.69) is 15.3 Å². The number of aromatic nitrogens is 4. The highest BCUT2D eigenvalue weighted by Crippen LogP contribution is 2.35. The van der Waals surface area contributed by atoms with Crippen molar-refractivity contribution in [3.8, 4) is 22.4 Å². The van der Waals surface area contributed by atoms with Crippen molar-refractivity contribution in [2.75, 3.05) is 0 Å². The second-order valence-electron chi connectivity index (χ2n) is 7.99. The van der Waals surface area contributed by atoms with Crippen LogP contribution in [-0.4, -0.2) is 19.8 Å². The number of rotatable bonds is 4. The van der Waals surface area contributed by atoms with Crippen LogP contribution < -0.4 is 5.56 Å². The van der Waals surface area contributed by atoms with Gasteiger partial charge in [0.25, 0.3) is 5.56 Å². The number of fused-ring (bicyclic) bond motifs is 1. The van der Waals surface area contributed by atoms with E-state index in [1.165, 1.54) is 12.1 Å². The molecule has 0 unspecified atom stereocenters. The van der Waals surface area contributed by atoms with Crippen LogP contribution in [0.15, 0.2) is 83.7 Å². The lowest BCUT2D eigenvalue weighted by atomic mass is 10.00. The summed E-state index contributed by atoms with van der Waals surface area (Å²) in [6.45, 7) is 0. The van der Waals surface area contributed by atoms with Crippen molar-refractivity contribution in [2.24, 2.45) is 0 Å². The van der Waals surface area contributed by atoms with Crippen LogP contribution in [0, 0.1) is 0 Å². The Bertz CT molecular complexity index is 1630. The molecule has 0 fully saturated rings. The molecule has 5 rings (SSSR count). The molecule has 0 saturated carbocycles. The summed E-state index contributed by atoms with van der Waals surface area (Å²) < 4.78 is 39.7. The van der Waals surface area contributed by atoms with Crippen LogP contribution in [0.5, 0.6) is 0 Å². The fraction of sp³-hybridized carbons (Fsp3) is 0.0769. The van der Waals surface area contributed by atoms with E-state index in [1.807, 2.05) is 18.2 Å². The first kappa shape index (κ1) is 24.0. The van der Waals surface area contributed by atoms with Gasteiger partial charge in [0.1, 0.15) is 11.4 Å². The lowest BCUT2D eigenvalue weighted by Crippen LogP contribution is -2.24. The minimum Gasteiger partial charge on any atom is -0.265 e. The van der Waals surface area contributed by atoms with Crippen molar-refractivity contribution in [1.82, 2.24) is 19.8 Å². The van der Waals surface area contributed by atoms with E-state index < -0.39 is 17.3 Å². The first-order valence-electron chi connectivity index (χ1n) is 10.7. The Kier molecular flexibility index (Phi) is 6.24. The number of halogens is 5. The van der Waals surface area contributed by atoms with Crippen molar-refractivity contribution in [3.63, 3.8) is 0 Å². The van der Waals surface area contributed by atoms with Crippen LogP contribution in [0.25, 0.3) is 28.0 Å². The van der Waals surface area contributed by atoms with Crippen LogP contribution in [0.1, 0.15) is 16.8 Å². The zero-order valence-electron chi connectivity index (χ0n) is 18.3. The summed E-state index contributed by atoms with van der Waals surface area (Å²) in [5.41, 5.74) is 1.95. The highest BCUT2D eigenvalue weighted by Gasteiger charge is 2.30. The molecule has 0 radical (unpaired) electrons. The van der Waals surface area contributed by atoms with Crippen molar-refractivity contribution < 1.29 is 13.2 Å². The summed E-state index contributed by atoms with van der Waals surface area (Å²) in [6.07, 6.45) is -4.45. The lowest BCUT2D eigenvalue weighted by molar-refractivity contribution is -0.137. The maximum absolute atomic E-state index is 13.3. The van der Waals surface area contributed by atoms with Gasteiger partial charge >= 0.3 is 6.18 Å². The molecule has 2 aromatic heterocycles. The van der Waals surface area contributed by atoms with Gasteiger partial charge in [0.2, 0.25) is 0 Å². The average Bonchev–Trinajstić information content (AvgIpc) is 2.86. The monoisotopic (exact) mass is 526 g/mol. The van der Waals surface area contributed by atoms with Crippen molar-refractivity contribution >= 4 is 28.8 Å². The Morgan fingerprint density at radius 2 is 1.53 bits per heavy atom. The molecule has 0 bridgehead atoms. The van der Waals surface area contributed by atoms with Crippen LogP contribution in [-0.2, 0) is 12.6 Å². The van der Waals surface area contributed by atoms with Crippen LogP contribution in [0.4, 0.5) is 13.2 Å². The second kappa shape index (κ2) is 9.37. The average molecular weight is 527 g/mol. The molecule has 0 N–H and O–H groups in total. The molecule has 0 atom stereocenters. The molecule has 3 aromatic carbocycles. The second-order valence-corrected chi connectivity index (χ2v) is 8.83. The van der Waals surface area contributed by atoms with E-state index in [4.69, 9.17) is 23.2 Å². The molecular weight excluding hydrogens is 512 g/mol. The molecule has 0 amide bonds. The van der Waals surface area contributed by atoms with E-state index in [0.717, 1.165) is 22.2 Å². The quantitative estimate of drug-likeness (QED) is 0.260. The summed E-state index contributed by atoms with van der Waals surface area (Å²) in [7, 11) is 0. The highest BCUT2D eigenvalue weighted by molar-refractivity contribution is 6.33. The number of nitrogens with zero attached hydrogens (tertiary/aromatic N) is 4. The molecule has 2 heterocycles. The van der Waals surface area contributed by atoms with Gasteiger partial charge in [-0.1, -0.05) is 65.7 Å². The van der Waals surface area contributed by atoms with Gasteiger partial charge in [-0.25, -0.2) is 0 Å². The normalized spacial score (nSPS) is 11.7. The van der Waals surface area contributed by atoms with Gasteiger partial charge in [-0.2, -0.15) is 22.8 Å². The van der Waals surface area contributed by atoms with Gasteiger partial charge < -0.3 is 0 Å². The largest absolute Gasteiger partial charge is 0.416 e. The van der Waals surface area contributed by atoms with E-state index in [-0.39, 0.29) is 17.8 Å². The molecule has 0 aliphatic rings. The van der Waals surface area contributed by atoms with Gasteiger partial charge in [-0.3, -0.25) is 4.79 Å². The van der Waals surface area contributed by atoms with E-state index in [0.29, 0.717) is 32.4 Å². The third kappa shape index (κ3) is 4.69. The summed E-state index contributed by atoms with van der Waals surface area (Å²) in [6, 6.07) is 20.5. The zero-order valence-corrected chi connectivity index (χ0v) is 19.8. The van der Waals surface area contributed by atoms with Gasteiger partial charge in [-0.05, 0) is 47.5 Å². The third-order valence-electron chi connectivity index (χ3n) is 5.60. The smallest absolute Gasteiger partial charge is 0.265 e. The van der Waals surface area contributed by atoms with Crippen molar-refractivity contribution in [2.45, 2.75) is 12.6 Å². The van der Waals surface area contributed by atoms with Crippen LogP contribution in [0.3, 0.4) is 0 Å². The van der Waals surface area contributed by atoms with Gasteiger partial charge in [-0.15, -0.1) is 10.2 Å². The maximum atomic E-state index is 13.3. The molecule has 0 spiro atoms. The molecule has 0 aliphatic heterocycles. The number of hydrogen-bond donors (Lipinski definition) is 0. The fourth-order valence-electron chi connectivity index (χ4n) is 3.78. The Labute approximate surface area is 212 Å². The Balaban J connectivity index is 1.64. The van der Waals surface area contributed by atoms with Gasteiger partial charge in [0, 0.05) is 22.6 Å². The summed E-state index contributed by atoms with van der Waals surface area (Å²) in [4.78, 5) is 13.3. The number of alkyl halides is 3. The van der Waals surface area contributed by atoms with E-state index in [1.54, 1.807) is 36.4 Å². The van der Waals surface area contributed by atoms with Crippen molar-refractivity contribution in [1.29, 1.82) is 0 Å². The van der Waals surface area contributed by atoms with E-state index in [9.17, 15) is 18.0 Å². The Hall–Kier alpha value is -3.75. The fourth-order valence-corrected chi connectivity index (χ4v) is 4.13. The molecule has 5 nitrogen and oxygen atoms in total. The van der Waals surface area contributed by atoms with Crippen LogP contribution >= 0.6 is 23.2 Å². The summed E-state index contributed by atoms with van der Waals surface area (Å²) in [5, 5.41) is 13.8. The topological polar surface area (TPSA) is 60.2 Å². The minimum absolute atomic E-state index is 0.00501. The first-order valence-corrected chi connectivity index (χ1v) is 11.4. The lowest BCUT2D eigenvalue weighted by Gasteiger charge is -2.13. The molecule has 0 saturated heterocycles. The molecule has 36 heavy (non-hydrogen) atoms. The van der Waals surface area contributed by atoms with Crippen molar-refractivity contribution in [3.05, 3.63) is 116 Å². The molecular formula is C26H15Cl2F3N4O. The van der Waals surface area contributed by atoms with E-state index >= 15 is 0 Å². The van der Waals surface area contributed by atoms with Gasteiger partial charge in [0.15, 0.2) is 5.65 Å². The molecule has 0 aliphatic carbocycles. The maximum Gasteiger partial charge on any atom is 0.416 e. The molecule has 5 aromatic rings. The zero-order chi connectivity index (χ0) is 25.4.